The number of rotatable bonds is 10. The first-order valence-corrected chi connectivity index (χ1v) is 14.0. The number of benzene rings is 1. The number of hydrogen-bond donors (Lipinski definition) is 4. The number of carbonyl (C=O) groups is 4. The summed E-state index contributed by atoms with van der Waals surface area (Å²) in [5.41, 5.74) is -0.173. The highest BCUT2D eigenvalue weighted by molar-refractivity contribution is 5.88. The van der Waals surface area contributed by atoms with Crippen molar-refractivity contribution in [2.45, 2.75) is 87.4 Å². The summed E-state index contributed by atoms with van der Waals surface area (Å²) < 4.78 is 23.1. The summed E-state index contributed by atoms with van der Waals surface area (Å²) in [6.07, 6.45) is -1.47. The molecule has 2 aliphatic carbocycles. The molecule has 7 atom stereocenters. The van der Waals surface area contributed by atoms with Crippen LogP contribution in [-0.2, 0) is 40.5 Å². The number of carbonyl (C=O) groups excluding carboxylic acids is 3. The zero-order valence-corrected chi connectivity index (χ0v) is 23.9. The molecule has 1 fully saturated rings. The quantitative estimate of drug-likeness (QED) is 0.273. The van der Waals surface area contributed by atoms with Gasteiger partial charge in [-0.3, -0.25) is 9.59 Å². The van der Waals surface area contributed by atoms with Gasteiger partial charge in [0.05, 0.1) is 18.1 Å². The van der Waals surface area contributed by atoms with Crippen molar-refractivity contribution in [2.75, 3.05) is 20.7 Å². The molecule has 2 heterocycles. The number of esters is 2. The highest BCUT2D eigenvalue weighted by atomic mass is 16.6. The van der Waals surface area contributed by atoms with Crippen LogP contribution in [0.4, 0.5) is 0 Å². The molecule has 42 heavy (non-hydrogen) atoms. The molecular weight excluding hydrogens is 552 g/mol. The number of carboxylic acids is 1. The van der Waals surface area contributed by atoms with Gasteiger partial charge >= 0.3 is 17.9 Å². The van der Waals surface area contributed by atoms with Crippen LogP contribution in [0.2, 0.25) is 0 Å². The van der Waals surface area contributed by atoms with Gasteiger partial charge in [0.25, 0.3) is 0 Å². The maximum atomic E-state index is 13.2. The van der Waals surface area contributed by atoms with Crippen LogP contribution in [0.25, 0.3) is 0 Å². The molecule has 13 heteroatoms. The van der Waals surface area contributed by atoms with Crippen molar-refractivity contribution in [2.24, 2.45) is 0 Å². The number of aliphatic carboxylic acids is 1. The third-order valence-electron chi connectivity index (χ3n) is 9.03. The summed E-state index contributed by atoms with van der Waals surface area (Å²) in [4.78, 5) is 51.2. The minimum absolute atomic E-state index is 0.183. The lowest BCUT2D eigenvalue weighted by molar-refractivity contribution is -0.176. The summed E-state index contributed by atoms with van der Waals surface area (Å²) in [5.74, 6) is -2.85. The molecular formula is C29H36N2O11. The molecule has 228 valence electrons. The second-order valence-electron chi connectivity index (χ2n) is 11.5. The van der Waals surface area contributed by atoms with Crippen LogP contribution in [0.15, 0.2) is 24.0 Å². The van der Waals surface area contributed by atoms with E-state index < -0.39 is 65.6 Å². The van der Waals surface area contributed by atoms with E-state index in [1.54, 1.807) is 6.08 Å². The van der Waals surface area contributed by atoms with Crippen LogP contribution < -0.4 is 14.8 Å². The Bertz CT molecular complexity index is 1340. The third kappa shape index (κ3) is 4.59. The molecule has 0 unspecified atom stereocenters. The van der Waals surface area contributed by atoms with Gasteiger partial charge in [-0.25, -0.2) is 9.59 Å². The van der Waals surface area contributed by atoms with E-state index in [2.05, 4.69) is 10.2 Å². The second kappa shape index (κ2) is 10.9. The van der Waals surface area contributed by atoms with Crippen molar-refractivity contribution < 1.29 is 53.4 Å². The van der Waals surface area contributed by atoms with Gasteiger partial charge in [0, 0.05) is 24.4 Å². The SMILES string of the molecule is COc1ccc2c3c1O[C@H]1C(OC(=O)[C@H](C)OC(=O)[C@H](CCC(=O)O)NC(=O)[C@H](C)O)=CC[C@@]4(O)[C@H](C2)N(C)CC[C@]314. The molecule has 2 bridgehead atoms. The van der Waals surface area contributed by atoms with Gasteiger partial charge in [-0.05, 0) is 64.4 Å². The number of ether oxygens (including phenoxy) is 4. The predicted octanol–water partition coefficient (Wildman–Crippen LogP) is 0.178. The third-order valence-corrected chi connectivity index (χ3v) is 9.03. The number of methoxy groups -OCH3 is 1. The van der Waals surface area contributed by atoms with Crippen LogP contribution in [0.1, 0.15) is 50.7 Å². The molecule has 0 saturated carbocycles. The van der Waals surface area contributed by atoms with Gasteiger partial charge < -0.3 is 44.5 Å². The molecule has 2 aliphatic heterocycles. The Balaban J connectivity index is 1.37. The Kier molecular flexibility index (Phi) is 7.71. The van der Waals surface area contributed by atoms with Crippen LogP contribution in [-0.4, -0.2) is 101 Å². The molecule has 0 aromatic heterocycles. The van der Waals surface area contributed by atoms with E-state index in [0.717, 1.165) is 11.1 Å². The minimum Gasteiger partial charge on any atom is -0.493 e. The number of likely N-dealkylation sites (N-methyl/N-ethyl adjacent to an activating group) is 1. The summed E-state index contributed by atoms with van der Waals surface area (Å²) >= 11 is 0. The fourth-order valence-electron chi connectivity index (χ4n) is 6.90. The first-order chi connectivity index (χ1) is 19.8. The van der Waals surface area contributed by atoms with Gasteiger partial charge in [0.15, 0.2) is 23.7 Å². The van der Waals surface area contributed by atoms with Crippen molar-refractivity contribution in [3.63, 3.8) is 0 Å². The molecule has 1 aromatic rings. The molecule has 5 rings (SSSR count). The molecule has 4 aliphatic rings. The van der Waals surface area contributed by atoms with E-state index in [0.29, 0.717) is 30.9 Å². The van der Waals surface area contributed by atoms with Gasteiger partial charge in [0.1, 0.15) is 17.9 Å². The van der Waals surface area contributed by atoms with Crippen LogP contribution >= 0.6 is 0 Å². The van der Waals surface area contributed by atoms with Crippen molar-refractivity contribution in [3.05, 3.63) is 35.1 Å². The number of hydrogen-bond acceptors (Lipinski definition) is 11. The average Bonchev–Trinajstić information content (AvgIpc) is 3.29. The van der Waals surface area contributed by atoms with Crippen molar-refractivity contribution in [1.29, 1.82) is 0 Å². The van der Waals surface area contributed by atoms with Gasteiger partial charge in [-0.1, -0.05) is 6.07 Å². The van der Waals surface area contributed by atoms with Crippen molar-refractivity contribution in [1.82, 2.24) is 10.2 Å². The number of aliphatic hydroxyl groups is 2. The summed E-state index contributed by atoms with van der Waals surface area (Å²) in [5, 5.41) is 33.0. The van der Waals surface area contributed by atoms with Gasteiger partial charge in [-0.15, -0.1) is 0 Å². The number of nitrogens with one attached hydrogen (secondary N) is 1. The Labute approximate surface area is 242 Å². The van der Waals surface area contributed by atoms with Crippen LogP contribution in [0.5, 0.6) is 11.5 Å². The van der Waals surface area contributed by atoms with E-state index in [1.807, 2.05) is 19.2 Å². The maximum absolute atomic E-state index is 13.2. The zero-order chi connectivity index (χ0) is 30.6. The van der Waals surface area contributed by atoms with Crippen LogP contribution in [0.3, 0.4) is 0 Å². The smallest absolute Gasteiger partial charge is 0.352 e. The predicted molar refractivity (Wildman–Crippen MR) is 144 cm³/mol. The number of piperidine rings is 1. The number of carboxylic acid groups (broad SMARTS) is 1. The van der Waals surface area contributed by atoms with Crippen molar-refractivity contribution >= 4 is 23.8 Å². The monoisotopic (exact) mass is 588 g/mol. The van der Waals surface area contributed by atoms with E-state index in [1.165, 1.54) is 21.0 Å². The normalized spacial score (nSPS) is 29.1. The number of amides is 1. The molecule has 4 N–H and O–H groups in total. The Hall–Kier alpha value is -3.68. The fraction of sp³-hybridized carbons (Fsp3) is 0.586. The Morgan fingerprint density at radius 3 is 2.62 bits per heavy atom. The first kappa shape index (κ1) is 29.8. The van der Waals surface area contributed by atoms with E-state index in [4.69, 9.17) is 24.1 Å². The Morgan fingerprint density at radius 1 is 1.21 bits per heavy atom. The standard InChI is InChI=1S/C29H36N2O11/c1-14(32)25(35)30-17(6-8-21(33)34)27(37)40-15(2)26(36)41-19-9-10-29(38)20-13-16-5-7-18(39-4)23-22(16)28(29,24(19)42-23)11-12-31(20)3/h5,7,9,14-15,17,20,24,32,38H,6,8,10-13H2,1-4H3,(H,30,35)(H,33,34)/t14-,15-,17-,20-,24-,28-,29+/m0/s1. The lowest BCUT2D eigenvalue weighted by Gasteiger charge is -2.61. The fourth-order valence-corrected chi connectivity index (χ4v) is 6.90. The molecule has 0 radical (unpaired) electrons. The molecule has 1 spiro atoms. The highest BCUT2D eigenvalue weighted by Crippen LogP contribution is 2.65. The molecule has 13 nitrogen and oxygen atoms in total. The summed E-state index contributed by atoms with van der Waals surface area (Å²) in [6, 6.07) is 2.23. The largest absolute Gasteiger partial charge is 0.493 e. The zero-order valence-electron chi connectivity index (χ0n) is 23.9. The minimum atomic E-state index is -1.45. The summed E-state index contributed by atoms with van der Waals surface area (Å²) in [6.45, 7) is 3.17. The lowest BCUT2D eigenvalue weighted by Crippen LogP contribution is -2.74. The Morgan fingerprint density at radius 2 is 1.95 bits per heavy atom. The molecule has 1 amide bonds. The topological polar surface area (TPSA) is 181 Å². The number of aliphatic hydroxyl groups excluding tert-OH is 1. The van der Waals surface area contributed by atoms with E-state index in [9.17, 15) is 29.4 Å². The highest BCUT2D eigenvalue weighted by Gasteiger charge is 2.72. The van der Waals surface area contributed by atoms with Gasteiger partial charge in [0.2, 0.25) is 5.91 Å². The first-order valence-electron chi connectivity index (χ1n) is 14.0. The molecule has 1 saturated heterocycles. The average molecular weight is 589 g/mol. The molecule has 1 aromatic carbocycles. The van der Waals surface area contributed by atoms with Crippen LogP contribution in [0, 0.1) is 0 Å². The summed E-state index contributed by atoms with van der Waals surface area (Å²) in [7, 11) is 3.52. The maximum Gasteiger partial charge on any atom is 0.352 e. The van der Waals surface area contributed by atoms with Crippen molar-refractivity contribution in [3.8, 4) is 11.5 Å². The lowest BCUT2D eigenvalue weighted by atomic mass is 9.50. The number of likely N-dealkylation sites (tertiary alicyclic amines) is 1. The van der Waals surface area contributed by atoms with Gasteiger partial charge in [-0.2, -0.15) is 0 Å². The van der Waals surface area contributed by atoms with E-state index in [-0.39, 0.29) is 24.6 Å². The number of nitrogens with zero attached hydrogens (tertiary/aromatic N) is 1. The van der Waals surface area contributed by atoms with E-state index >= 15 is 0 Å². The second-order valence-corrected chi connectivity index (χ2v) is 11.5.